The number of ether oxygens (including phenoxy) is 1. The topological polar surface area (TPSA) is 82.2 Å². The lowest BCUT2D eigenvalue weighted by Crippen LogP contribution is -2.22. The van der Waals surface area contributed by atoms with Crippen molar-refractivity contribution in [3.05, 3.63) is 65.8 Å². The zero-order chi connectivity index (χ0) is 16.1. The number of rotatable bonds is 6. The molecule has 0 aliphatic rings. The van der Waals surface area contributed by atoms with Gasteiger partial charge in [0.05, 0.1) is 20.2 Å². The van der Waals surface area contributed by atoms with Crippen molar-refractivity contribution < 1.29 is 14.1 Å². The number of benzene rings is 1. The van der Waals surface area contributed by atoms with Crippen LogP contribution in [0.4, 0.5) is 0 Å². The van der Waals surface area contributed by atoms with E-state index in [1.165, 1.54) is 0 Å². The zero-order valence-electron chi connectivity index (χ0n) is 12.6. The van der Waals surface area contributed by atoms with Gasteiger partial charge in [-0.1, -0.05) is 5.16 Å². The van der Waals surface area contributed by atoms with Crippen LogP contribution in [-0.2, 0) is 13.1 Å². The number of nitrogens with one attached hydrogen (secondary N) is 1. The highest BCUT2D eigenvalue weighted by atomic mass is 16.5. The Hall–Kier alpha value is -3.09. The summed E-state index contributed by atoms with van der Waals surface area (Å²) in [6.45, 7) is 0.805. The van der Waals surface area contributed by atoms with Crippen LogP contribution in [0.3, 0.4) is 0 Å². The minimum atomic E-state index is -0.183. The maximum atomic E-state index is 12.1. The molecule has 0 fully saturated rings. The van der Waals surface area contributed by atoms with Gasteiger partial charge < -0.3 is 14.6 Å². The van der Waals surface area contributed by atoms with Crippen molar-refractivity contribution in [2.45, 2.75) is 13.1 Å². The number of methoxy groups -OCH3 is 1. The first kappa shape index (κ1) is 14.8. The number of carbonyl (C=O) groups is 1. The normalized spacial score (nSPS) is 10.5. The summed E-state index contributed by atoms with van der Waals surface area (Å²) in [5, 5.41) is 10.9. The maximum absolute atomic E-state index is 12.1. The SMILES string of the molecule is COc1ccc(C(=O)NCc2cc(Cn3cccn3)no2)cc1. The molecule has 7 heteroatoms. The second-order valence-corrected chi connectivity index (χ2v) is 4.90. The predicted octanol–water partition coefficient (Wildman–Crippen LogP) is 1.86. The van der Waals surface area contributed by atoms with Crippen LogP contribution in [0.5, 0.6) is 5.75 Å². The molecule has 0 radical (unpaired) electrons. The average molecular weight is 312 g/mol. The van der Waals surface area contributed by atoms with E-state index in [9.17, 15) is 4.79 Å². The van der Waals surface area contributed by atoms with Crippen molar-refractivity contribution >= 4 is 5.91 Å². The van der Waals surface area contributed by atoms with Crippen LogP contribution in [0.25, 0.3) is 0 Å². The van der Waals surface area contributed by atoms with Crippen LogP contribution < -0.4 is 10.1 Å². The Kier molecular flexibility index (Phi) is 4.37. The van der Waals surface area contributed by atoms with Crippen molar-refractivity contribution in [2.24, 2.45) is 0 Å². The summed E-state index contributed by atoms with van der Waals surface area (Å²) in [4.78, 5) is 12.1. The van der Waals surface area contributed by atoms with Crippen molar-refractivity contribution in [1.29, 1.82) is 0 Å². The molecule has 3 aromatic rings. The number of amides is 1. The summed E-state index contributed by atoms with van der Waals surface area (Å²) in [5.41, 5.74) is 1.31. The molecule has 0 aliphatic heterocycles. The Labute approximate surface area is 132 Å². The Morgan fingerprint density at radius 1 is 1.35 bits per heavy atom. The van der Waals surface area contributed by atoms with Crippen LogP contribution in [0, 0.1) is 0 Å². The van der Waals surface area contributed by atoms with Gasteiger partial charge in [-0.25, -0.2) is 0 Å². The van der Waals surface area contributed by atoms with Gasteiger partial charge in [0.15, 0.2) is 5.76 Å². The van der Waals surface area contributed by atoms with E-state index < -0.39 is 0 Å². The first-order valence-electron chi connectivity index (χ1n) is 7.09. The number of carbonyl (C=O) groups excluding carboxylic acids is 1. The standard InChI is InChI=1S/C16H16N4O3/c1-22-14-5-3-12(4-6-14)16(21)17-10-15-9-13(19-23-15)11-20-8-2-7-18-20/h2-9H,10-11H2,1H3,(H,17,21). The molecule has 0 aliphatic carbocycles. The Bertz CT molecular complexity index is 763. The van der Waals surface area contributed by atoms with Gasteiger partial charge in [0.1, 0.15) is 11.4 Å². The molecule has 0 saturated heterocycles. The first-order valence-corrected chi connectivity index (χ1v) is 7.09. The van der Waals surface area contributed by atoms with Crippen LogP contribution >= 0.6 is 0 Å². The van der Waals surface area contributed by atoms with E-state index in [0.717, 1.165) is 5.69 Å². The Morgan fingerprint density at radius 2 is 2.17 bits per heavy atom. The molecule has 2 heterocycles. The fourth-order valence-electron chi connectivity index (χ4n) is 2.09. The largest absolute Gasteiger partial charge is 0.497 e. The highest BCUT2D eigenvalue weighted by Gasteiger charge is 2.09. The third kappa shape index (κ3) is 3.76. The van der Waals surface area contributed by atoms with E-state index >= 15 is 0 Å². The summed E-state index contributed by atoms with van der Waals surface area (Å²) < 4.78 is 12.0. The summed E-state index contributed by atoms with van der Waals surface area (Å²) in [7, 11) is 1.58. The van der Waals surface area contributed by atoms with Gasteiger partial charge >= 0.3 is 0 Å². The molecule has 1 amide bonds. The first-order chi connectivity index (χ1) is 11.2. The lowest BCUT2D eigenvalue weighted by molar-refractivity contribution is 0.0947. The summed E-state index contributed by atoms with van der Waals surface area (Å²) in [5.74, 6) is 1.12. The summed E-state index contributed by atoms with van der Waals surface area (Å²) >= 11 is 0. The van der Waals surface area contributed by atoms with Crippen molar-refractivity contribution in [3.8, 4) is 5.75 Å². The Balaban J connectivity index is 1.55. The van der Waals surface area contributed by atoms with Crippen molar-refractivity contribution in [2.75, 3.05) is 7.11 Å². The second-order valence-electron chi connectivity index (χ2n) is 4.90. The van der Waals surface area contributed by atoms with Gasteiger partial charge in [-0.05, 0) is 30.3 Å². The molecule has 1 aromatic carbocycles. The van der Waals surface area contributed by atoms with Crippen molar-refractivity contribution in [3.63, 3.8) is 0 Å². The van der Waals surface area contributed by atoms with Gasteiger partial charge in [0, 0.05) is 24.0 Å². The second kappa shape index (κ2) is 6.78. The Morgan fingerprint density at radius 3 is 2.87 bits per heavy atom. The molecular formula is C16H16N4O3. The molecule has 0 unspecified atom stereocenters. The third-order valence-corrected chi connectivity index (χ3v) is 3.27. The molecule has 118 valence electrons. The molecule has 0 spiro atoms. The summed E-state index contributed by atoms with van der Waals surface area (Å²) in [6.07, 6.45) is 3.55. The van der Waals surface area contributed by atoms with Gasteiger partial charge in [-0.3, -0.25) is 9.48 Å². The van der Waals surface area contributed by atoms with E-state index in [1.807, 2.05) is 12.3 Å². The quantitative estimate of drug-likeness (QED) is 0.751. The minimum Gasteiger partial charge on any atom is -0.497 e. The van der Waals surface area contributed by atoms with Gasteiger partial charge in [-0.15, -0.1) is 0 Å². The molecule has 23 heavy (non-hydrogen) atoms. The van der Waals surface area contributed by atoms with E-state index in [-0.39, 0.29) is 12.5 Å². The fraction of sp³-hybridized carbons (Fsp3) is 0.188. The van der Waals surface area contributed by atoms with Gasteiger partial charge in [0.25, 0.3) is 5.91 Å². The minimum absolute atomic E-state index is 0.183. The molecule has 7 nitrogen and oxygen atoms in total. The summed E-state index contributed by atoms with van der Waals surface area (Å²) in [6, 6.07) is 10.5. The lowest BCUT2D eigenvalue weighted by Gasteiger charge is -2.04. The molecular weight excluding hydrogens is 296 g/mol. The van der Waals surface area contributed by atoms with Crippen LogP contribution in [0.2, 0.25) is 0 Å². The number of hydrogen-bond donors (Lipinski definition) is 1. The van der Waals surface area contributed by atoms with Crippen molar-refractivity contribution in [1.82, 2.24) is 20.3 Å². The third-order valence-electron chi connectivity index (χ3n) is 3.27. The number of hydrogen-bond acceptors (Lipinski definition) is 5. The molecule has 0 atom stereocenters. The van der Waals surface area contributed by atoms with Crippen LogP contribution in [0.1, 0.15) is 21.8 Å². The maximum Gasteiger partial charge on any atom is 0.251 e. The van der Waals surface area contributed by atoms with Crippen LogP contribution in [0.15, 0.2) is 53.3 Å². The number of aromatic nitrogens is 3. The molecule has 2 aromatic heterocycles. The van der Waals surface area contributed by atoms with Crippen LogP contribution in [-0.4, -0.2) is 28.0 Å². The lowest BCUT2D eigenvalue weighted by atomic mass is 10.2. The highest BCUT2D eigenvalue weighted by Crippen LogP contribution is 2.11. The van der Waals surface area contributed by atoms with Gasteiger partial charge in [0.2, 0.25) is 0 Å². The van der Waals surface area contributed by atoms with E-state index in [2.05, 4.69) is 15.6 Å². The smallest absolute Gasteiger partial charge is 0.251 e. The molecule has 0 saturated carbocycles. The number of nitrogens with zero attached hydrogens (tertiary/aromatic N) is 3. The average Bonchev–Trinajstić information content (AvgIpc) is 3.25. The monoisotopic (exact) mass is 312 g/mol. The van der Waals surface area contributed by atoms with E-state index in [1.54, 1.807) is 48.3 Å². The molecule has 1 N–H and O–H groups in total. The fourth-order valence-corrected chi connectivity index (χ4v) is 2.09. The zero-order valence-corrected chi connectivity index (χ0v) is 12.6. The predicted molar refractivity (Wildman–Crippen MR) is 82.0 cm³/mol. The van der Waals surface area contributed by atoms with Gasteiger partial charge in [-0.2, -0.15) is 5.10 Å². The highest BCUT2D eigenvalue weighted by molar-refractivity contribution is 5.94. The molecule has 3 rings (SSSR count). The molecule has 0 bridgehead atoms. The van der Waals surface area contributed by atoms with E-state index in [0.29, 0.717) is 23.6 Å². The van der Waals surface area contributed by atoms with E-state index in [4.69, 9.17) is 9.26 Å².